The molecule has 13 nitrogen and oxygen atoms in total. The third-order valence-corrected chi connectivity index (χ3v) is 8.91. The Hall–Kier alpha value is -4.51. The number of halogens is 5. The molecule has 1 aliphatic rings. The van der Waals surface area contributed by atoms with E-state index >= 15 is 0 Å². The van der Waals surface area contributed by atoms with Crippen LogP contribution in [-0.4, -0.2) is 96.1 Å². The molecule has 2 aromatic heterocycles. The van der Waals surface area contributed by atoms with Crippen molar-refractivity contribution >= 4 is 23.1 Å². The van der Waals surface area contributed by atoms with E-state index in [1.54, 1.807) is 11.8 Å². The molecule has 4 N–H and O–H groups in total. The van der Waals surface area contributed by atoms with Crippen molar-refractivity contribution in [3.8, 4) is 5.75 Å². The summed E-state index contributed by atoms with van der Waals surface area (Å²) in [5, 5.41) is 23.4. The number of anilines is 1. The van der Waals surface area contributed by atoms with Gasteiger partial charge in [-0.1, -0.05) is 53.0 Å². The second-order valence-corrected chi connectivity index (χ2v) is 13.0. The number of allylic oxidation sites excluding steroid dienone is 2. The summed E-state index contributed by atoms with van der Waals surface area (Å²) >= 11 is 0. The van der Waals surface area contributed by atoms with E-state index in [-0.39, 0.29) is 49.0 Å². The molecule has 52 heavy (non-hydrogen) atoms. The molecule has 2 amide bonds. The molecule has 0 radical (unpaired) electrons. The number of rotatable bonds is 15. The Morgan fingerprint density at radius 3 is 2.33 bits per heavy atom. The fraction of sp³-hybridized carbons (Fsp3) is 0.647. The van der Waals surface area contributed by atoms with E-state index in [1.165, 1.54) is 18.2 Å². The number of hydrogen-bond acceptors (Lipinski definition) is 8. The fourth-order valence-electron chi connectivity index (χ4n) is 5.92. The Morgan fingerprint density at radius 1 is 1.06 bits per heavy atom. The van der Waals surface area contributed by atoms with Gasteiger partial charge < -0.3 is 20.2 Å². The molecule has 3 heterocycles. The highest BCUT2D eigenvalue weighted by molar-refractivity contribution is 5.95. The van der Waals surface area contributed by atoms with E-state index in [2.05, 4.69) is 37.5 Å². The number of aromatic hydroxyl groups is 1. The van der Waals surface area contributed by atoms with Gasteiger partial charge in [-0.15, -0.1) is 0 Å². The average molecular weight is 744 g/mol. The molecule has 1 fully saturated rings. The Balaban J connectivity index is 2.02. The van der Waals surface area contributed by atoms with Gasteiger partial charge in [0.25, 0.3) is 11.5 Å². The quantitative estimate of drug-likeness (QED) is 0.138. The molecule has 2 aromatic rings. The van der Waals surface area contributed by atoms with Gasteiger partial charge in [0.1, 0.15) is 18.6 Å². The molecule has 0 bridgehead atoms. The van der Waals surface area contributed by atoms with E-state index in [0.29, 0.717) is 24.4 Å². The first-order valence-corrected chi connectivity index (χ1v) is 17.6. The third-order valence-electron chi connectivity index (χ3n) is 8.91. The Morgan fingerprint density at radius 2 is 1.73 bits per heavy atom. The molecular weight excluding hydrogens is 693 g/mol. The molecule has 0 aromatic carbocycles. The van der Waals surface area contributed by atoms with Crippen molar-refractivity contribution in [3.05, 3.63) is 45.7 Å². The van der Waals surface area contributed by atoms with Crippen molar-refractivity contribution in [2.24, 2.45) is 5.92 Å². The molecule has 1 saturated heterocycles. The number of nitrogens with one attached hydrogen (secondary N) is 3. The molecule has 1 aliphatic heterocycles. The van der Waals surface area contributed by atoms with Gasteiger partial charge in [0, 0.05) is 38.1 Å². The van der Waals surface area contributed by atoms with Crippen molar-refractivity contribution in [2.75, 3.05) is 31.1 Å². The number of unbranched alkanes of at least 4 members (excludes halogenated alkanes) is 2. The lowest BCUT2D eigenvalue weighted by Crippen LogP contribution is -2.51. The van der Waals surface area contributed by atoms with E-state index in [9.17, 15) is 41.4 Å². The highest BCUT2D eigenvalue weighted by atomic mass is 19.4. The maximum Gasteiger partial charge on any atom is 0.453 e. The Labute approximate surface area is 299 Å². The SMILES string of the molecule is CCCC/C=C(\CCC)c1n[nH]c(CC)c(N2CCN(C(=O)c3ncnc(C)c3O)CC2)c(=O)n(CC(=O)NC(C)CC(C)C(F)(F)C(F)(F)F)[nH]1. The van der Waals surface area contributed by atoms with E-state index in [0.717, 1.165) is 42.9 Å². The Kier molecular flexibility index (Phi) is 14.8. The lowest BCUT2D eigenvalue weighted by molar-refractivity contribution is -0.301. The summed E-state index contributed by atoms with van der Waals surface area (Å²) in [5.41, 5.74) is 0.915. The normalized spacial score (nSPS) is 15.3. The second kappa shape index (κ2) is 18.3. The molecule has 0 saturated carbocycles. The number of piperazine rings is 1. The minimum atomic E-state index is -5.74. The van der Waals surface area contributed by atoms with Gasteiger partial charge in [0.05, 0.1) is 11.4 Å². The molecule has 2 atom stereocenters. The number of carbonyl (C=O) groups excluding carboxylic acids is 2. The zero-order valence-electron chi connectivity index (χ0n) is 30.5. The van der Waals surface area contributed by atoms with Crippen LogP contribution in [0.1, 0.15) is 101 Å². The molecule has 3 rings (SSSR count). The van der Waals surface area contributed by atoms with Crippen LogP contribution in [0.5, 0.6) is 5.75 Å². The zero-order valence-corrected chi connectivity index (χ0v) is 30.5. The summed E-state index contributed by atoms with van der Waals surface area (Å²) in [6.07, 6.45) is 1.09. The van der Waals surface area contributed by atoms with E-state index in [4.69, 9.17) is 0 Å². The van der Waals surface area contributed by atoms with Crippen LogP contribution >= 0.6 is 0 Å². The average Bonchev–Trinajstić information content (AvgIpc) is 3.08. The monoisotopic (exact) mass is 743 g/mol. The van der Waals surface area contributed by atoms with Crippen LogP contribution < -0.4 is 15.8 Å². The number of aromatic amines is 2. The predicted octanol–water partition coefficient (Wildman–Crippen LogP) is 5.45. The van der Waals surface area contributed by atoms with Gasteiger partial charge in [-0.3, -0.25) is 24.6 Å². The minimum Gasteiger partial charge on any atom is -0.504 e. The highest BCUT2D eigenvalue weighted by Crippen LogP contribution is 2.42. The van der Waals surface area contributed by atoms with Crippen molar-refractivity contribution in [1.82, 2.24) is 40.2 Å². The standard InChI is InChI=1S/C34H50F5N9O4/c1-7-10-11-13-24(12-8-2)30-44-43-25(9-3)28(46-14-16-47(17-15-46)31(51)27-29(50)23(6)40-20-41-27)32(52)48(45-30)19-26(49)42-22(5)18-21(4)33(35,36)34(37,38)39/h13,20-22,43,50H,7-12,14-19H2,1-6H3,(H,42,49)(H,44,45)/b24-13+,28-25?. The third kappa shape index (κ3) is 10.3. The number of hydrogen-bond donors (Lipinski definition) is 4. The maximum absolute atomic E-state index is 14.4. The zero-order chi connectivity index (χ0) is 38.8. The minimum absolute atomic E-state index is 0.137. The van der Waals surface area contributed by atoms with Crippen molar-refractivity contribution in [2.45, 2.75) is 111 Å². The van der Waals surface area contributed by atoms with Gasteiger partial charge in [-0.25, -0.2) is 14.6 Å². The summed E-state index contributed by atoms with van der Waals surface area (Å²) in [7, 11) is 0. The van der Waals surface area contributed by atoms with Crippen LogP contribution in [0.15, 0.2) is 17.2 Å². The lowest BCUT2D eigenvalue weighted by atomic mass is 9.95. The second-order valence-electron chi connectivity index (χ2n) is 13.0. The maximum atomic E-state index is 14.4. The molecule has 18 heteroatoms. The molecular formula is C34H50F5N9O4. The first kappa shape index (κ1) is 41.9. The van der Waals surface area contributed by atoms with Crippen LogP contribution in [0, 0.1) is 12.8 Å². The fourth-order valence-corrected chi connectivity index (χ4v) is 5.92. The number of alkyl halides is 5. The van der Waals surface area contributed by atoms with Crippen LogP contribution in [0.4, 0.5) is 27.6 Å². The summed E-state index contributed by atoms with van der Waals surface area (Å²) in [6.45, 7) is 9.59. The van der Waals surface area contributed by atoms with Crippen molar-refractivity contribution in [3.63, 3.8) is 0 Å². The number of carbonyl (C=O) groups is 2. The van der Waals surface area contributed by atoms with Crippen LogP contribution in [-0.2, 0) is 17.8 Å². The smallest absolute Gasteiger partial charge is 0.453 e. The summed E-state index contributed by atoms with van der Waals surface area (Å²) in [6, 6.07) is -1.08. The summed E-state index contributed by atoms with van der Waals surface area (Å²) < 4.78 is 67.7. The first-order chi connectivity index (χ1) is 24.5. The van der Waals surface area contributed by atoms with Crippen LogP contribution in [0.25, 0.3) is 5.57 Å². The van der Waals surface area contributed by atoms with Gasteiger partial charge in [-0.2, -0.15) is 27.1 Å². The first-order valence-electron chi connectivity index (χ1n) is 17.6. The lowest BCUT2D eigenvalue weighted by Gasteiger charge is -2.36. The molecule has 0 aliphatic carbocycles. The largest absolute Gasteiger partial charge is 0.504 e. The number of aryl methyl sites for hydroxylation is 2. The molecule has 290 valence electrons. The van der Waals surface area contributed by atoms with Crippen molar-refractivity contribution in [1.29, 1.82) is 0 Å². The van der Waals surface area contributed by atoms with E-state index in [1.807, 2.05) is 19.9 Å². The van der Waals surface area contributed by atoms with Crippen LogP contribution in [0.2, 0.25) is 0 Å². The van der Waals surface area contributed by atoms with Gasteiger partial charge >= 0.3 is 12.1 Å². The number of H-pyrrole nitrogens is 2. The van der Waals surface area contributed by atoms with Crippen LogP contribution in [0.3, 0.4) is 0 Å². The number of amides is 2. The highest BCUT2D eigenvalue weighted by Gasteiger charge is 2.60. The predicted molar refractivity (Wildman–Crippen MR) is 186 cm³/mol. The molecule has 0 spiro atoms. The topological polar surface area (TPSA) is 165 Å². The number of aromatic nitrogens is 6. The van der Waals surface area contributed by atoms with Gasteiger partial charge in [-0.05, 0) is 45.1 Å². The number of nitrogens with zero attached hydrogens (tertiary/aromatic N) is 6. The summed E-state index contributed by atoms with van der Waals surface area (Å²) in [4.78, 5) is 52.0. The van der Waals surface area contributed by atoms with Crippen molar-refractivity contribution < 1.29 is 36.6 Å². The Bertz CT molecular complexity index is 1680. The summed E-state index contributed by atoms with van der Waals surface area (Å²) in [5.74, 6) is -8.38. The molecule has 2 unspecified atom stereocenters. The van der Waals surface area contributed by atoms with Gasteiger partial charge in [0.2, 0.25) is 5.91 Å². The van der Waals surface area contributed by atoms with Gasteiger partial charge in [0.15, 0.2) is 17.3 Å². The van der Waals surface area contributed by atoms with E-state index < -0.39 is 54.4 Å².